The molecule has 0 fully saturated rings. The zero-order valence-corrected chi connectivity index (χ0v) is 11.9. The lowest BCUT2D eigenvalue weighted by molar-refractivity contribution is 0.224. The van der Waals surface area contributed by atoms with Gasteiger partial charge in [-0.05, 0) is 24.6 Å². The first-order chi connectivity index (χ1) is 8.70. The highest BCUT2D eigenvalue weighted by atomic mass is 79.9. The van der Waals surface area contributed by atoms with E-state index in [2.05, 4.69) is 28.1 Å². The molecule has 0 radical (unpaired) electrons. The van der Waals surface area contributed by atoms with Gasteiger partial charge in [-0.3, -0.25) is 0 Å². The third kappa shape index (κ3) is 3.12. The Hall–Kier alpha value is -1.32. The van der Waals surface area contributed by atoms with Crippen LogP contribution in [0.25, 0.3) is 0 Å². The first kappa shape index (κ1) is 13.1. The minimum Gasteiger partial charge on any atom is -0.486 e. The summed E-state index contributed by atoms with van der Waals surface area (Å²) in [5.41, 5.74) is 7.89. The zero-order valence-electron chi connectivity index (χ0n) is 10.3. The molecule has 2 aromatic carbocycles. The monoisotopic (exact) mass is 305 g/mol. The van der Waals surface area contributed by atoms with Gasteiger partial charge >= 0.3 is 0 Å². The van der Waals surface area contributed by atoms with Crippen molar-refractivity contribution >= 4 is 15.9 Å². The minimum absolute atomic E-state index is 0.00537. The van der Waals surface area contributed by atoms with Crippen LogP contribution >= 0.6 is 15.9 Å². The second-order valence-electron chi connectivity index (χ2n) is 4.13. The lowest BCUT2D eigenvalue weighted by Crippen LogP contribution is -2.06. The Labute approximate surface area is 116 Å². The number of benzene rings is 2. The van der Waals surface area contributed by atoms with Gasteiger partial charge in [0.15, 0.2) is 0 Å². The lowest BCUT2D eigenvalue weighted by atomic mass is 10.1. The highest BCUT2D eigenvalue weighted by molar-refractivity contribution is 9.10. The van der Waals surface area contributed by atoms with E-state index >= 15 is 0 Å². The van der Waals surface area contributed by atoms with Crippen molar-refractivity contribution in [3.63, 3.8) is 0 Å². The molecule has 0 aromatic heterocycles. The number of hydrogen-bond donors (Lipinski definition) is 1. The van der Waals surface area contributed by atoms with Crippen LogP contribution in [0.3, 0.4) is 0 Å². The van der Waals surface area contributed by atoms with Crippen LogP contribution in [0.4, 0.5) is 0 Å². The van der Waals surface area contributed by atoms with Gasteiger partial charge in [-0.25, -0.2) is 0 Å². The molecule has 0 saturated heterocycles. The van der Waals surface area contributed by atoms with E-state index in [-0.39, 0.29) is 6.10 Å². The smallest absolute Gasteiger partial charge is 0.125 e. The zero-order chi connectivity index (χ0) is 13.0. The number of ether oxygens (including phenoxy) is 1. The van der Waals surface area contributed by atoms with Crippen molar-refractivity contribution in [1.82, 2.24) is 0 Å². The fraction of sp³-hybridized carbons (Fsp3) is 0.200. The third-order valence-electron chi connectivity index (χ3n) is 2.82. The first-order valence-corrected chi connectivity index (χ1v) is 6.70. The standard InChI is InChI=1S/C15H16BrNO/c1-11(12-5-3-2-4-6-12)18-15-9-14(16)8-7-13(15)10-17/h2-9,11H,10,17H2,1H3. The number of hydrogen-bond acceptors (Lipinski definition) is 2. The van der Waals surface area contributed by atoms with E-state index in [1.807, 2.05) is 43.3 Å². The van der Waals surface area contributed by atoms with Gasteiger partial charge in [-0.1, -0.05) is 52.3 Å². The average molecular weight is 306 g/mol. The Morgan fingerprint density at radius 1 is 1.17 bits per heavy atom. The summed E-state index contributed by atoms with van der Waals surface area (Å²) < 4.78 is 6.99. The Kier molecular flexibility index (Phi) is 4.39. The fourth-order valence-electron chi connectivity index (χ4n) is 1.79. The molecule has 1 unspecified atom stereocenters. The van der Waals surface area contributed by atoms with E-state index in [4.69, 9.17) is 10.5 Å². The Balaban J connectivity index is 2.21. The van der Waals surface area contributed by atoms with Crippen LogP contribution < -0.4 is 10.5 Å². The van der Waals surface area contributed by atoms with Crippen LogP contribution in [0.2, 0.25) is 0 Å². The summed E-state index contributed by atoms with van der Waals surface area (Å²) in [4.78, 5) is 0. The molecule has 0 bridgehead atoms. The van der Waals surface area contributed by atoms with Crippen LogP contribution in [0.5, 0.6) is 5.75 Å². The van der Waals surface area contributed by atoms with Gasteiger partial charge in [0.25, 0.3) is 0 Å². The van der Waals surface area contributed by atoms with Crippen molar-refractivity contribution < 1.29 is 4.74 Å². The predicted molar refractivity (Wildman–Crippen MR) is 77.5 cm³/mol. The molecule has 0 aliphatic rings. The van der Waals surface area contributed by atoms with Crippen LogP contribution in [-0.2, 0) is 6.54 Å². The van der Waals surface area contributed by atoms with Crippen molar-refractivity contribution in [3.05, 3.63) is 64.1 Å². The van der Waals surface area contributed by atoms with Gasteiger partial charge in [-0.2, -0.15) is 0 Å². The van der Waals surface area contributed by atoms with Crippen molar-refractivity contribution in [2.45, 2.75) is 19.6 Å². The Bertz CT molecular complexity index is 513. The maximum absolute atomic E-state index is 5.99. The van der Waals surface area contributed by atoms with Gasteiger partial charge in [-0.15, -0.1) is 0 Å². The predicted octanol–water partition coefficient (Wildman–Crippen LogP) is 4.05. The summed E-state index contributed by atoms with van der Waals surface area (Å²) in [6.07, 6.45) is 0.00537. The van der Waals surface area contributed by atoms with E-state index in [0.717, 1.165) is 21.3 Å². The van der Waals surface area contributed by atoms with E-state index in [1.165, 1.54) is 0 Å². The molecule has 2 nitrogen and oxygen atoms in total. The van der Waals surface area contributed by atoms with Crippen molar-refractivity contribution in [1.29, 1.82) is 0 Å². The molecule has 0 amide bonds. The topological polar surface area (TPSA) is 35.2 Å². The molecule has 0 aliphatic heterocycles. The SMILES string of the molecule is CC(Oc1cc(Br)ccc1CN)c1ccccc1. The number of nitrogens with two attached hydrogens (primary N) is 1. The molecule has 2 rings (SSSR count). The van der Waals surface area contributed by atoms with Crippen molar-refractivity contribution in [2.24, 2.45) is 5.73 Å². The van der Waals surface area contributed by atoms with Gasteiger partial charge in [0.2, 0.25) is 0 Å². The quantitative estimate of drug-likeness (QED) is 0.925. The second-order valence-corrected chi connectivity index (χ2v) is 5.04. The number of halogens is 1. The van der Waals surface area contributed by atoms with E-state index < -0.39 is 0 Å². The molecular formula is C15H16BrNO. The summed E-state index contributed by atoms with van der Waals surface area (Å²) in [5.74, 6) is 0.836. The maximum Gasteiger partial charge on any atom is 0.125 e. The molecular weight excluding hydrogens is 290 g/mol. The summed E-state index contributed by atoms with van der Waals surface area (Å²) in [6, 6.07) is 16.1. The largest absolute Gasteiger partial charge is 0.486 e. The minimum atomic E-state index is 0.00537. The fourth-order valence-corrected chi connectivity index (χ4v) is 2.13. The van der Waals surface area contributed by atoms with Crippen LogP contribution in [-0.4, -0.2) is 0 Å². The molecule has 0 heterocycles. The van der Waals surface area contributed by atoms with Gasteiger partial charge < -0.3 is 10.5 Å². The molecule has 18 heavy (non-hydrogen) atoms. The molecule has 94 valence electrons. The highest BCUT2D eigenvalue weighted by Gasteiger charge is 2.10. The van der Waals surface area contributed by atoms with Crippen LogP contribution in [0, 0.1) is 0 Å². The van der Waals surface area contributed by atoms with Gasteiger partial charge in [0.05, 0.1) is 0 Å². The summed E-state index contributed by atoms with van der Waals surface area (Å²) in [5, 5.41) is 0. The lowest BCUT2D eigenvalue weighted by Gasteiger charge is -2.17. The molecule has 3 heteroatoms. The van der Waals surface area contributed by atoms with Gasteiger partial charge in [0.1, 0.15) is 11.9 Å². The Morgan fingerprint density at radius 2 is 1.89 bits per heavy atom. The van der Waals surface area contributed by atoms with Crippen LogP contribution in [0.1, 0.15) is 24.2 Å². The van der Waals surface area contributed by atoms with Crippen molar-refractivity contribution in [2.75, 3.05) is 0 Å². The van der Waals surface area contributed by atoms with E-state index in [0.29, 0.717) is 6.54 Å². The van der Waals surface area contributed by atoms with Crippen molar-refractivity contribution in [3.8, 4) is 5.75 Å². The summed E-state index contributed by atoms with van der Waals surface area (Å²) in [6.45, 7) is 2.51. The summed E-state index contributed by atoms with van der Waals surface area (Å²) in [7, 11) is 0. The molecule has 0 saturated carbocycles. The second kappa shape index (κ2) is 6.03. The highest BCUT2D eigenvalue weighted by Crippen LogP contribution is 2.28. The van der Waals surface area contributed by atoms with Crippen LogP contribution in [0.15, 0.2) is 53.0 Å². The third-order valence-corrected chi connectivity index (χ3v) is 3.32. The molecule has 0 aliphatic carbocycles. The molecule has 0 spiro atoms. The molecule has 2 N–H and O–H groups in total. The van der Waals surface area contributed by atoms with E-state index in [9.17, 15) is 0 Å². The van der Waals surface area contributed by atoms with Gasteiger partial charge in [0, 0.05) is 16.6 Å². The first-order valence-electron chi connectivity index (χ1n) is 5.91. The normalized spacial score (nSPS) is 12.2. The maximum atomic E-state index is 5.99. The number of rotatable bonds is 4. The Morgan fingerprint density at radius 3 is 2.56 bits per heavy atom. The molecule has 2 aromatic rings. The molecule has 1 atom stereocenters. The average Bonchev–Trinajstić information content (AvgIpc) is 2.40. The summed E-state index contributed by atoms with van der Waals surface area (Å²) >= 11 is 3.45. The van der Waals surface area contributed by atoms with E-state index in [1.54, 1.807) is 0 Å².